The largest absolute Gasteiger partial charge is 0.379 e. The molecule has 3 rings (SSSR count). The van der Waals surface area contributed by atoms with E-state index in [-0.39, 0.29) is 18.2 Å². The molecular weight excluding hydrogens is 306 g/mol. The molecule has 130 valence electrons. The number of carbonyl (C=O) groups excluding carboxylic acids is 1. The minimum absolute atomic E-state index is 0.0192. The zero-order chi connectivity index (χ0) is 16.9. The van der Waals surface area contributed by atoms with Crippen LogP contribution in [0.2, 0.25) is 0 Å². The topological polar surface area (TPSA) is 71.8 Å². The van der Waals surface area contributed by atoms with E-state index in [1.54, 1.807) is 0 Å². The van der Waals surface area contributed by atoms with Gasteiger partial charge in [0.1, 0.15) is 0 Å². The highest BCUT2D eigenvalue weighted by atomic mass is 16.5. The molecule has 1 N–H and O–H groups in total. The summed E-state index contributed by atoms with van der Waals surface area (Å²) in [7, 11) is 0. The number of aromatic nitrogens is 3. The summed E-state index contributed by atoms with van der Waals surface area (Å²) < 4.78 is 7.46. The number of rotatable bonds is 6. The predicted octanol–water partition coefficient (Wildman–Crippen LogP) is 2.39. The number of carbonyl (C=O) groups is 1. The Balaban J connectivity index is 1.60. The third-order valence-electron chi connectivity index (χ3n) is 4.20. The zero-order valence-corrected chi connectivity index (χ0v) is 14.3. The maximum Gasteiger partial charge on any atom is 0.318 e. The Bertz CT molecular complexity index is 684. The van der Waals surface area contributed by atoms with Crippen LogP contribution >= 0.6 is 0 Å². The van der Waals surface area contributed by atoms with Gasteiger partial charge in [-0.3, -0.25) is 4.40 Å². The molecule has 0 aromatic carbocycles. The highest BCUT2D eigenvalue weighted by Crippen LogP contribution is 2.30. The van der Waals surface area contributed by atoms with Crippen LogP contribution in [0.5, 0.6) is 0 Å². The first-order valence-corrected chi connectivity index (χ1v) is 8.62. The number of ether oxygens (including phenoxy) is 1. The van der Waals surface area contributed by atoms with Gasteiger partial charge in [0.15, 0.2) is 11.5 Å². The van der Waals surface area contributed by atoms with Crippen LogP contribution in [0.15, 0.2) is 24.4 Å². The van der Waals surface area contributed by atoms with Crippen molar-refractivity contribution in [2.24, 2.45) is 0 Å². The minimum Gasteiger partial charge on any atom is -0.379 e. The van der Waals surface area contributed by atoms with E-state index in [0.717, 1.165) is 37.3 Å². The number of likely N-dealkylation sites (tertiary alicyclic amines) is 1. The minimum atomic E-state index is -0.0327. The number of pyridine rings is 1. The van der Waals surface area contributed by atoms with E-state index in [1.165, 1.54) is 0 Å². The van der Waals surface area contributed by atoms with Gasteiger partial charge in [-0.15, -0.1) is 10.2 Å². The van der Waals surface area contributed by atoms with E-state index in [9.17, 15) is 4.79 Å². The molecule has 1 aliphatic heterocycles. The lowest BCUT2D eigenvalue weighted by Crippen LogP contribution is -2.40. The Morgan fingerprint density at radius 1 is 1.42 bits per heavy atom. The molecule has 2 aromatic heterocycles. The van der Waals surface area contributed by atoms with Gasteiger partial charge in [0, 0.05) is 25.9 Å². The molecule has 7 nitrogen and oxygen atoms in total. The molecule has 0 spiro atoms. The number of hydrogen-bond donors (Lipinski definition) is 1. The van der Waals surface area contributed by atoms with Crippen molar-refractivity contribution in [3.8, 4) is 0 Å². The first-order chi connectivity index (χ1) is 11.7. The molecule has 1 saturated heterocycles. The van der Waals surface area contributed by atoms with Crippen molar-refractivity contribution in [3.63, 3.8) is 0 Å². The van der Waals surface area contributed by atoms with Gasteiger partial charge < -0.3 is 15.0 Å². The van der Waals surface area contributed by atoms with Crippen molar-refractivity contribution in [1.82, 2.24) is 24.8 Å². The van der Waals surface area contributed by atoms with Crippen molar-refractivity contribution in [2.45, 2.75) is 45.3 Å². The SMILES string of the molecule is CC(C)OCCCNC(=O)N1CCCC1c1nnc2ccccn12. The van der Waals surface area contributed by atoms with Crippen LogP contribution in [0.25, 0.3) is 5.65 Å². The van der Waals surface area contributed by atoms with E-state index in [2.05, 4.69) is 15.5 Å². The molecule has 0 aliphatic carbocycles. The second-order valence-corrected chi connectivity index (χ2v) is 6.34. The number of nitrogens with zero attached hydrogens (tertiary/aromatic N) is 4. The van der Waals surface area contributed by atoms with Gasteiger partial charge in [0.25, 0.3) is 0 Å². The van der Waals surface area contributed by atoms with Gasteiger partial charge in [-0.2, -0.15) is 0 Å². The predicted molar refractivity (Wildman–Crippen MR) is 90.8 cm³/mol. The lowest BCUT2D eigenvalue weighted by Gasteiger charge is -2.23. The van der Waals surface area contributed by atoms with Crippen LogP contribution in [0.1, 0.15) is 45.0 Å². The van der Waals surface area contributed by atoms with Crippen molar-refractivity contribution in [1.29, 1.82) is 0 Å². The smallest absolute Gasteiger partial charge is 0.318 e. The van der Waals surface area contributed by atoms with Gasteiger partial charge >= 0.3 is 6.03 Å². The van der Waals surface area contributed by atoms with Crippen LogP contribution in [0.4, 0.5) is 4.79 Å². The summed E-state index contributed by atoms with van der Waals surface area (Å²) in [4.78, 5) is 14.4. The zero-order valence-electron chi connectivity index (χ0n) is 14.3. The molecular formula is C17H25N5O2. The van der Waals surface area contributed by atoms with Crippen LogP contribution in [-0.2, 0) is 4.74 Å². The Morgan fingerprint density at radius 2 is 2.29 bits per heavy atom. The Morgan fingerprint density at radius 3 is 3.12 bits per heavy atom. The van der Waals surface area contributed by atoms with Gasteiger partial charge in [-0.1, -0.05) is 6.07 Å². The lowest BCUT2D eigenvalue weighted by atomic mass is 10.2. The average molecular weight is 331 g/mol. The molecule has 3 heterocycles. The van der Waals surface area contributed by atoms with E-state index in [0.29, 0.717) is 13.2 Å². The fourth-order valence-corrected chi connectivity index (χ4v) is 3.05. The Kier molecular flexibility index (Phi) is 5.30. The Hall–Kier alpha value is -2.15. The molecule has 0 bridgehead atoms. The molecule has 0 radical (unpaired) electrons. The van der Waals surface area contributed by atoms with Crippen LogP contribution in [0, 0.1) is 0 Å². The van der Waals surface area contributed by atoms with E-state index >= 15 is 0 Å². The fourth-order valence-electron chi connectivity index (χ4n) is 3.05. The van der Waals surface area contributed by atoms with E-state index in [4.69, 9.17) is 4.74 Å². The summed E-state index contributed by atoms with van der Waals surface area (Å²) in [6, 6.07) is 5.76. The van der Waals surface area contributed by atoms with Crippen LogP contribution in [0.3, 0.4) is 0 Å². The summed E-state index contributed by atoms with van der Waals surface area (Å²) >= 11 is 0. The second-order valence-electron chi connectivity index (χ2n) is 6.34. The summed E-state index contributed by atoms with van der Waals surface area (Å²) in [5.41, 5.74) is 0.811. The number of hydrogen-bond acceptors (Lipinski definition) is 4. The third-order valence-corrected chi connectivity index (χ3v) is 4.20. The van der Waals surface area contributed by atoms with Gasteiger partial charge in [-0.05, 0) is 45.2 Å². The third kappa shape index (κ3) is 3.67. The molecule has 2 aromatic rings. The summed E-state index contributed by atoms with van der Waals surface area (Å²) in [6.07, 6.45) is 4.89. The normalized spacial score (nSPS) is 17.8. The maximum absolute atomic E-state index is 12.5. The Labute approximate surface area is 142 Å². The highest BCUT2D eigenvalue weighted by molar-refractivity contribution is 5.75. The molecule has 1 aliphatic rings. The van der Waals surface area contributed by atoms with Gasteiger partial charge in [0.05, 0.1) is 12.1 Å². The van der Waals surface area contributed by atoms with Crippen LogP contribution in [-0.4, -0.2) is 51.3 Å². The standard InChI is InChI=1S/C17H25N5O2/c1-13(2)24-12-6-9-18-17(23)21-11-5-7-14(21)16-20-19-15-8-3-4-10-22(15)16/h3-4,8,10,13-14H,5-7,9,11-12H2,1-2H3,(H,18,23). The number of fused-ring (bicyclic) bond motifs is 1. The van der Waals surface area contributed by atoms with Gasteiger partial charge in [0.2, 0.25) is 0 Å². The summed E-state index contributed by atoms with van der Waals surface area (Å²) in [5.74, 6) is 0.835. The first-order valence-electron chi connectivity index (χ1n) is 8.62. The maximum atomic E-state index is 12.5. The van der Waals surface area contributed by atoms with Crippen molar-refractivity contribution in [2.75, 3.05) is 19.7 Å². The molecule has 1 fully saturated rings. The molecule has 24 heavy (non-hydrogen) atoms. The number of nitrogens with one attached hydrogen (secondary N) is 1. The van der Waals surface area contributed by atoms with E-state index in [1.807, 2.05) is 47.5 Å². The summed E-state index contributed by atoms with van der Waals surface area (Å²) in [6.45, 7) is 6.05. The summed E-state index contributed by atoms with van der Waals surface area (Å²) in [5, 5.41) is 11.5. The first kappa shape index (κ1) is 16.7. The molecule has 0 saturated carbocycles. The fraction of sp³-hybridized carbons (Fsp3) is 0.588. The highest BCUT2D eigenvalue weighted by Gasteiger charge is 2.33. The van der Waals surface area contributed by atoms with Crippen molar-refractivity contribution < 1.29 is 9.53 Å². The molecule has 1 unspecified atom stereocenters. The average Bonchev–Trinajstić information content (AvgIpc) is 3.20. The van der Waals surface area contributed by atoms with E-state index < -0.39 is 0 Å². The van der Waals surface area contributed by atoms with Crippen molar-refractivity contribution in [3.05, 3.63) is 30.2 Å². The monoisotopic (exact) mass is 331 g/mol. The number of urea groups is 1. The molecule has 2 amide bonds. The van der Waals surface area contributed by atoms with Gasteiger partial charge in [-0.25, -0.2) is 4.79 Å². The van der Waals surface area contributed by atoms with Crippen LogP contribution < -0.4 is 5.32 Å². The molecule has 1 atom stereocenters. The second kappa shape index (κ2) is 7.61. The number of amides is 2. The lowest BCUT2D eigenvalue weighted by molar-refractivity contribution is 0.0771. The molecule has 7 heteroatoms. The van der Waals surface area contributed by atoms with Crippen molar-refractivity contribution >= 4 is 11.7 Å². The quantitative estimate of drug-likeness (QED) is 0.825.